The second-order valence-corrected chi connectivity index (χ2v) is 5.08. The lowest BCUT2D eigenvalue weighted by atomic mass is 10.1. The molecule has 0 aliphatic carbocycles. The summed E-state index contributed by atoms with van der Waals surface area (Å²) in [6.45, 7) is 3.26. The summed E-state index contributed by atoms with van der Waals surface area (Å²) in [5.74, 6) is -0.944. The minimum atomic E-state index is -0.944. The lowest BCUT2D eigenvalue weighted by molar-refractivity contribution is -0.132. The van der Waals surface area contributed by atoms with Crippen LogP contribution in [-0.2, 0) is 4.79 Å². The monoisotopic (exact) mass is 250 g/mol. The van der Waals surface area contributed by atoms with Crippen LogP contribution in [-0.4, -0.2) is 11.1 Å². The van der Waals surface area contributed by atoms with Gasteiger partial charge in [-0.25, -0.2) is 4.79 Å². The molecule has 0 aliphatic rings. The van der Waals surface area contributed by atoms with Crippen LogP contribution in [0.2, 0.25) is 8.67 Å². The number of allylic oxidation sites excluding steroid dienone is 1. The zero-order chi connectivity index (χ0) is 10.9. The Kier molecular flexibility index (Phi) is 3.59. The highest BCUT2D eigenvalue weighted by Crippen LogP contribution is 2.36. The van der Waals surface area contributed by atoms with E-state index in [1.165, 1.54) is 11.3 Å². The van der Waals surface area contributed by atoms with E-state index in [0.29, 0.717) is 19.8 Å². The van der Waals surface area contributed by atoms with Crippen LogP contribution in [0.4, 0.5) is 0 Å². The van der Waals surface area contributed by atoms with E-state index >= 15 is 0 Å². The minimum absolute atomic E-state index is 0.279. The highest BCUT2D eigenvalue weighted by atomic mass is 35.5. The third kappa shape index (κ3) is 2.29. The number of rotatable bonds is 2. The Bertz CT molecular complexity index is 407. The van der Waals surface area contributed by atoms with E-state index in [9.17, 15) is 4.79 Å². The molecule has 0 spiro atoms. The van der Waals surface area contributed by atoms with Gasteiger partial charge in [0.25, 0.3) is 0 Å². The molecule has 0 unspecified atom stereocenters. The van der Waals surface area contributed by atoms with Crippen molar-refractivity contribution in [3.8, 4) is 0 Å². The van der Waals surface area contributed by atoms with Crippen LogP contribution in [0.25, 0.3) is 5.57 Å². The molecule has 76 valence electrons. The van der Waals surface area contributed by atoms with Crippen LogP contribution in [0.15, 0.2) is 11.6 Å². The van der Waals surface area contributed by atoms with Gasteiger partial charge in [-0.05, 0) is 25.5 Å². The van der Waals surface area contributed by atoms with Gasteiger partial charge in [-0.3, -0.25) is 0 Å². The Balaban J connectivity index is 3.24. The lowest BCUT2D eigenvalue weighted by Gasteiger charge is -2.01. The number of aliphatic carboxylic acids is 1. The molecule has 0 saturated carbocycles. The highest BCUT2D eigenvalue weighted by Gasteiger charge is 2.12. The molecule has 0 saturated heterocycles. The van der Waals surface area contributed by atoms with Crippen molar-refractivity contribution >= 4 is 46.1 Å². The number of hydrogen-bond donors (Lipinski definition) is 1. The van der Waals surface area contributed by atoms with E-state index in [1.807, 2.05) is 0 Å². The first-order valence-corrected chi connectivity index (χ1v) is 5.36. The van der Waals surface area contributed by atoms with E-state index in [4.69, 9.17) is 28.3 Å². The van der Waals surface area contributed by atoms with Gasteiger partial charge in [0.15, 0.2) is 0 Å². The Labute approximate surface area is 95.8 Å². The molecule has 5 heteroatoms. The molecule has 0 aliphatic heterocycles. The standard InChI is InChI=1S/C9H8Cl2O2S/c1-4(5(2)9(12)13)6-3-7(10)14-8(6)11/h3H,1-2H3,(H,12,13)/b5-4+. The zero-order valence-electron chi connectivity index (χ0n) is 7.60. The van der Waals surface area contributed by atoms with E-state index in [2.05, 4.69) is 0 Å². The second kappa shape index (κ2) is 4.34. The summed E-state index contributed by atoms with van der Waals surface area (Å²) in [6.07, 6.45) is 0. The van der Waals surface area contributed by atoms with Crippen LogP contribution < -0.4 is 0 Å². The zero-order valence-corrected chi connectivity index (χ0v) is 9.93. The Morgan fingerprint density at radius 2 is 2.00 bits per heavy atom. The van der Waals surface area contributed by atoms with Crippen molar-refractivity contribution in [3.05, 3.63) is 25.9 Å². The van der Waals surface area contributed by atoms with Crippen LogP contribution in [0.3, 0.4) is 0 Å². The summed E-state index contributed by atoms with van der Waals surface area (Å²) in [7, 11) is 0. The van der Waals surface area contributed by atoms with Gasteiger partial charge in [0.2, 0.25) is 0 Å². The molecule has 0 fully saturated rings. The molecule has 14 heavy (non-hydrogen) atoms. The summed E-state index contributed by atoms with van der Waals surface area (Å²) in [4.78, 5) is 10.7. The number of carbonyl (C=O) groups is 1. The van der Waals surface area contributed by atoms with Gasteiger partial charge in [0, 0.05) is 11.1 Å². The fourth-order valence-electron chi connectivity index (χ4n) is 0.958. The summed E-state index contributed by atoms with van der Waals surface area (Å²) >= 11 is 12.9. The largest absolute Gasteiger partial charge is 0.478 e. The Morgan fingerprint density at radius 1 is 1.43 bits per heavy atom. The van der Waals surface area contributed by atoms with E-state index in [1.54, 1.807) is 19.9 Å². The molecule has 0 atom stereocenters. The quantitative estimate of drug-likeness (QED) is 0.808. The predicted octanol–water partition coefficient (Wildman–Crippen LogP) is 3.93. The molecule has 0 amide bonds. The van der Waals surface area contributed by atoms with Gasteiger partial charge in [-0.2, -0.15) is 0 Å². The average Bonchev–Trinajstić information content (AvgIpc) is 2.42. The fraction of sp³-hybridized carbons (Fsp3) is 0.222. The molecule has 0 bridgehead atoms. The van der Waals surface area contributed by atoms with Crippen molar-refractivity contribution in [1.29, 1.82) is 0 Å². The first-order chi connectivity index (χ1) is 6.43. The van der Waals surface area contributed by atoms with Gasteiger partial charge in [-0.15, -0.1) is 11.3 Å². The first-order valence-electron chi connectivity index (χ1n) is 3.79. The Hall–Kier alpha value is -0.510. The van der Waals surface area contributed by atoms with Crippen LogP contribution in [0.5, 0.6) is 0 Å². The van der Waals surface area contributed by atoms with E-state index in [0.717, 1.165) is 0 Å². The topological polar surface area (TPSA) is 37.3 Å². The van der Waals surface area contributed by atoms with Crippen LogP contribution >= 0.6 is 34.5 Å². The summed E-state index contributed by atoms with van der Waals surface area (Å²) in [5, 5.41) is 8.78. The van der Waals surface area contributed by atoms with Crippen molar-refractivity contribution < 1.29 is 9.90 Å². The van der Waals surface area contributed by atoms with Crippen molar-refractivity contribution in [2.24, 2.45) is 0 Å². The molecular weight excluding hydrogens is 243 g/mol. The van der Waals surface area contributed by atoms with Crippen molar-refractivity contribution in [2.75, 3.05) is 0 Å². The van der Waals surface area contributed by atoms with Crippen molar-refractivity contribution in [3.63, 3.8) is 0 Å². The normalized spacial score (nSPS) is 12.6. The number of hydrogen-bond acceptors (Lipinski definition) is 2. The van der Waals surface area contributed by atoms with Crippen LogP contribution in [0.1, 0.15) is 19.4 Å². The maximum absolute atomic E-state index is 10.7. The SMILES string of the molecule is C/C(C(=O)O)=C(/C)c1cc(Cl)sc1Cl. The Morgan fingerprint density at radius 3 is 2.36 bits per heavy atom. The molecule has 1 aromatic rings. The molecule has 1 heterocycles. The lowest BCUT2D eigenvalue weighted by Crippen LogP contribution is -1.98. The maximum atomic E-state index is 10.7. The van der Waals surface area contributed by atoms with Gasteiger partial charge >= 0.3 is 5.97 Å². The average molecular weight is 251 g/mol. The maximum Gasteiger partial charge on any atom is 0.331 e. The third-order valence-corrected chi connectivity index (χ3v) is 3.43. The smallest absolute Gasteiger partial charge is 0.331 e. The van der Waals surface area contributed by atoms with Gasteiger partial charge < -0.3 is 5.11 Å². The van der Waals surface area contributed by atoms with Crippen molar-refractivity contribution in [1.82, 2.24) is 0 Å². The molecule has 0 radical (unpaired) electrons. The fourth-order valence-corrected chi connectivity index (χ4v) is 2.53. The molecule has 2 nitrogen and oxygen atoms in total. The molecular formula is C9H8Cl2O2S. The second-order valence-electron chi connectivity index (χ2n) is 2.79. The first kappa shape index (κ1) is 11.6. The third-order valence-electron chi connectivity index (χ3n) is 1.94. The van der Waals surface area contributed by atoms with Crippen LogP contribution in [0, 0.1) is 0 Å². The number of thiophene rings is 1. The molecule has 0 aromatic carbocycles. The molecule has 1 rings (SSSR count). The van der Waals surface area contributed by atoms with E-state index in [-0.39, 0.29) is 5.57 Å². The number of carboxylic acids is 1. The number of carboxylic acid groups (broad SMARTS) is 1. The van der Waals surface area contributed by atoms with Gasteiger partial charge in [0.1, 0.15) is 4.34 Å². The summed E-state index contributed by atoms with van der Waals surface area (Å²) < 4.78 is 1.08. The highest BCUT2D eigenvalue weighted by molar-refractivity contribution is 7.20. The molecule has 1 N–H and O–H groups in total. The van der Waals surface area contributed by atoms with Crippen molar-refractivity contribution in [2.45, 2.75) is 13.8 Å². The predicted molar refractivity (Wildman–Crippen MR) is 60.2 cm³/mol. The van der Waals surface area contributed by atoms with Gasteiger partial charge in [0.05, 0.1) is 4.34 Å². The minimum Gasteiger partial charge on any atom is -0.478 e. The number of halogens is 2. The van der Waals surface area contributed by atoms with E-state index < -0.39 is 5.97 Å². The molecule has 1 aromatic heterocycles. The summed E-state index contributed by atoms with van der Waals surface area (Å²) in [6, 6.07) is 1.68. The van der Waals surface area contributed by atoms with Gasteiger partial charge in [-0.1, -0.05) is 23.2 Å². The summed E-state index contributed by atoms with van der Waals surface area (Å²) in [5.41, 5.74) is 1.62.